The second-order valence-electron chi connectivity index (χ2n) is 11.4. The van der Waals surface area contributed by atoms with Gasteiger partial charge in [0, 0.05) is 56.5 Å². The third-order valence-electron chi connectivity index (χ3n) is 6.78. The Kier molecular flexibility index (Phi) is 9.44. The van der Waals surface area contributed by atoms with Crippen LogP contribution in [0.2, 0.25) is 25.7 Å². The Hall–Kier alpha value is -3.67. The van der Waals surface area contributed by atoms with E-state index in [0.717, 1.165) is 6.04 Å². The maximum atomic E-state index is 14.1. The van der Waals surface area contributed by atoms with Gasteiger partial charge in [0.15, 0.2) is 0 Å². The molecule has 0 radical (unpaired) electrons. The molecule has 0 atom stereocenters. The van der Waals surface area contributed by atoms with Crippen molar-refractivity contribution < 1.29 is 22.3 Å². The first-order valence-corrected chi connectivity index (χ1v) is 19.2. The van der Waals surface area contributed by atoms with Crippen molar-refractivity contribution in [3.8, 4) is 22.6 Å². The molecule has 0 aliphatic heterocycles. The molecule has 0 bridgehead atoms. The normalized spacial score (nSPS) is 12.4. The molecular formula is C31H38FN3O5SSi. The lowest BCUT2D eigenvalue weighted by Crippen LogP contribution is -2.22. The molecule has 2 aromatic heterocycles. The molecule has 0 aliphatic rings. The van der Waals surface area contributed by atoms with Crippen LogP contribution in [0.15, 0.2) is 65.7 Å². The molecule has 1 N–H and O–H groups in total. The molecule has 224 valence electrons. The first kappa shape index (κ1) is 31.3. The smallest absolute Gasteiger partial charge is 0.259 e. The van der Waals surface area contributed by atoms with Crippen molar-refractivity contribution in [2.75, 3.05) is 17.1 Å². The number of nitrogens with one attached hydrogen (secondary N) is 1. The lowest BCUT2D eigenvalue weighted by molar-refractivity contribution is 0.0903. The summed E-state index contributed by atoms with van der Waals surface area (Å²) in [7, 11) is -3.18. The van der Waals surface area contributed by atoms with E-state index >= 15 is 0 Å². The molecule has 0 saturated carbocycles. The highest BCUT2D eigenvalue weighted by atomic mass is 32.2. The number of ether oxygens (including phenoxy) is 2. The third kappa shape index (κ3) is 7.39. The maximum absolute atomic E-state index is 14.1. The van der Waals surface area contributed by atoms with E-state index in [0.29, 0.717) is 51.4 Å². The van der Waals surface area contributed by atoms with Gasteiger partial charge in [-0.05, 0) is 62.4 Å². The van der Waals surface area contributed by atoms with Gasteiger partial charge in [-0.1, -0.05) is 31.8 Å². The fourth-order valence-electron chi connectivity index (χ4n) is 4.48. The summed E-state index contributed by atoms with van der Waals surface area (Å²) < 4.78 is 57.3. The molecule has 4 rings (SSSR count). The topological polar surface area (TPSA) is 91.6 Å². The summed E-state index contributed by atoms with van der Waals surface area (Å²) in [6.45, 7) is 11.1. The maximum Gasteiger partial charge on any atom is 0.259 e. The predicted molar refractivity (Wildman–Crippen MR) is 171 cm³/mol. The highest BCUT2D eigenvalue weighted by Crippen LogP contribution is 2.40. The van der Waals surface area contributed by atoms with Gasteiger partial charge in [-0.3, -0.25) is 9.52 Å². The van der Waals surface area contributed by atoms with E-state index in [4.69, 9.17) is 9.47 Å². The van der Waals surface area contributed by atoms with E-state index in [1.165, 1.54) is 16.7 Å². The Morgan fingerprint density at radius 3 is 2.48 bits per heavy atom. The van der Waals surface area contributed by atoms with Crippen LogP contribution < -0.4 is 15.0 Å². The minimum Gasteiger partial charge on any atom is -0.456 e. The van der Waals surface area contributed by atoms with Gasteiger partial charge in [0.05, 0.1) is 16.7 Å². The molecule has 0 aliphatic carbocycles. The van der Waals surface area contributed by atoms with Crippen LogP contribution in [0.25, 0.3) is 28.1 Å². The van der Waals surface area contributed by atoms with Gasteiger partial charge < -0.3 is 18.6 Å². The van der Waals surface area contributed by atoms with E-state index in [2.05, 4.69) is 24.4 Å². The second-order valence-corrected chi connectivity index (χ2v) is 19.0. The summed E-state index contributed by atoms with van der Waals surface area (Å²) >= 11 is 0. The number of pyridine rings is 1. The van der Waals surface area contributed by atoms with Gasteiger partial charge in [-0.25, -0.2) is 12.8 Å². The summed E-state index contributed by atoms with van der Waals surface area (Å²) in [5, 5.41) is 0.491. The number of halogens is 1. The van der Waals surface area contributed by atoms with E-state index in [1.54, 1.807) is 62.7 Å². The SMILES string of the molecule is C/C=C/c1cc(F)ccc1Oc1ccc(NS(=O)(=O)CC)cc1-c1cn(C)c(=O)c2ccn(COCC[Si](C)(C)C)c12. The number of sulfonamides is 1. The highest BCUT2D eigenvalue weighted by molar-refractivity contribution is 7.92. The van der Waals surface area contributed by atoms with E-state index in [9.17, 15) is 17.6 Å². The van der Waals surface area contributed by atoms with Crippen LogP contribution in [0, 0.1) is 5.82 Å². The number of hydrogen-bond acceptors (Lipinski definition) is 5. The first-order valence-electron chi connectivity index (χ1n) is 13.8. The number of allylic oxidation sites excluding steroid dienone is 1. The van der Waals surface area contributed by atoms with Gasteiger partial charge in [0.2, 0.25) is 10.0 Å². The number of benzene rings is 2. The van der Waals surface area contributed by atoms with Crippen molar-refractivity contribution >= 4 is 40.8 Å². The molecule has 0 saturated heterocycles. The number of hydrogen-bond donors (Lipinski definition) is 1. The number of anilines is 1. The van der Waals surface area contributed by atoms with E-state index in [1.807, 2.05) is 17.7 Å². The van der Waals surface area contributed by atoms with Crippen LogP contribution in [0.5, 0.6) is 11.5 Å². The Balaban J connectivity index is 1.90. The Morgan fingerprint density at radius 1 is 1.05 bits per heavy atom. The quantitative estimate of drug-likeness (QED) is 0.137. The van der Waals surface area contributed by atoms with Crippen molar-refractivity contribution in [1.29, 1.82) is 0 Å². The lowest BCUT2D eigenvalue weighted by Gasteiger charge is -2.18. The van der Waals surface area contributed by atoms with Crippen LogP contribution in [0.4, 0.5) is 10.1 Å². The minimum absolute atomic E-state index is 0.0927. The summed E-state index contributed by atoms with van der Waals surface area (Å²) in [5.41, 5.74) is 2.55. The number of rotatable bonds is 12. The molecule has 2 heterocycles. The molecule has 0 amide bonds. The third-order valence-corrected chi connectivity index (χ3v) is 9.79. The van der Waals surface area contributed by atoms with Crippen molar-refractivity contribution in [2.24, 2.45) is 7.05 Å². The molecule has 11 heteroatoms. The van der Waals surface area contributed by atoms with Gasteiger partial charge in [-0.2, -0.15) is 0 Å². The predicted octanol–water partition coefficient (Wildman–Crippen LogP) is 7.05. The summed E-state index contributed by atoms with van der Waals surface area (Å²) in [4.78, 5) is 13.2. The summed E-state index contributed by atoms with van der Waals surface area (Å²) in [5.74, 6) is 0.333. The fraction of sp³-hybridized carbons (Fsp3) is 0.323. The highest BCUT2D eigenvalue weighted by Gasteiger charge is 2.20. The Bertz CT molecular complexity index is 1790. The monoisotopic (exact) mass is 611 g/mol. The van der Waals surface area contributed by atoms with Crippen molar-refractivity contribution in [1.82, 2.24) is 9.13 Å². The van der Waals surface area contributed by atoms with Gasteiger partial charge in [0.25, 0.3) is 5.56 Å². The first-order chi connectivity index (χ1) is 19.8. The average molecular weight is 612 g/mol. The summed E-state index contributed by atoms with van der Waals surface area (Å²) in [6, 6.07) is 12.0. The van der Waals surface area contributed by atoms with Gasteiger partial charge in [0.1, 0.15) is 24.0 Å². The zero-order valence-corrected chi connectivity index (χ0v) is 26.7. The van der Waals surface area contributed by atoms with Crippen LogP contribution in [-0.4, -0.2) is 38.0 Å². The Morgan fingerprint density at radius 2 is 1.79 bits per heavy atom. The molecule has 8 nitrogen and oxygen atoms in total. The van der Waals surface area contributed by atoms with Crippen LogP contribution in [0.3, 0.4) is 0 Å². The van der Waals surface area contributed by atoms with E-state index in [-0.39, 0.29) is 18.0 Å². The number of nitrogens with zero attached hydrogens (tertiary/aromatic N) is 2. The van der Waals surface area contributed by atoms with Gasteiger partial charge >= 0.3 is 0 Å². The summed E-state index contributed by atoms with van der Waals surface area (Å²) in [6.07, 6.45) is 7.06. The van der Waals surface area contributed by atoms with Crippen LogP contribution >= 0.6 is 0 Å². The van der Waals surface area contributed by atoms with Crippen molar-refractivity contribution in [3.05, 3.63) is 82.7 Å². The zero-order valence-electron chi connectivity index (χ0n) is 24.9. The number of aryl methyl sites for hydroxylation is 1. The Labute approximate surface area is 247 Å². The zero-order chi connectivity index (χ0) is 30.7. The van der Waals surface area contributed by atoms with Crippen molar-refractivity contribution in [2.45, 2.75) is 46.3 Å². The second kappa shape index (κ2) is 12.7. The minimum atomic E-state index is -3.56. The molecular weight excluding hydrogens is 574 g/mol. The van der Waals surface area contributed by atoms with Gasteiger partial charge in [-0.15, -0.1) is 0 Å². The van der Waals surface area contributed by atoms with Crippen LogP contribution in [0.1, 0.15) is 19.4 Å². The molecule has 4 aromatic rings. The molecule has 42 heavy (non-hydrogen) atoms. The fourth-order valence-corrected chi connectivity index (χ4v) is 5.87. The molecule has 0 unspecified atom stereocenters. The number of fused-ring (bicyclic) bond motifs is 1. The molecule has 0 spiro atoms. The van der Waals surface area contributed by atoms with E-state index < -0.39 is 23.9 Å². The average Bonchev–Trinajstić information content (AvgIpc) is 3.35. The molecule has 2 aromatic carbocycles. The lowest BCUT2D eigenvalue weighted by atomic mass is 10.0. The standard InChI is InChI=1S/C31H38FN3O5SSi/c1-7-9-22-18-23(32)10-12-28(22)40-29-13-11-24(33-41(37,38)8-2)19-26(29)27-20-34(3)31(36)25-14-15-35(30(25)27)21-39-16-17-42(4,5)6/h7,9-15,18-20,33H,8,16-17,21H2,1-6H3/b9-7+. The molecule has 0 fully saturated rings. The largest absolute Gasteiger partial charge is 0.456 e. The van der Waals surface area contributed by atoms with Crippen LogP contribution in [-0.2, 0) is 28.5 Å². The number of aromatic nitrogens is 2. The van der Waals surface area contributed by atoms with Crippen molar-refractivity contribution in [3.63, 3.8) is 0 Å².